The molecule has 4 rings (SSSR count). The van der Waals surface area contributed by atoms with Crippen molar-refractivity contribution < 1.29 is 23.5 Å². The zero-order valence-electron chi connectivity index (χ0n) is 16.7. The second-order valence-electron chi connectivity index (χ2n) is 7.10. The highest BCUT2D eigenvalue weighted by Crippen LogP contribution is 2.29. The second kappa shape index (κ2) is 8.39. The Bertz CT molecular complexity index is 1160. The number of ether oxygens (including phenoxy) is 1. The summed E-state index contributed by atoms with van der Waals surface area (Å²) in [6.07, 6.45) is 0. The fourth-order valence-corrected chi connectivity index (χ4v) is 3.28. The van der Waals surface area contributed by atoms with Crippen LogP contribution in [0.15, 0.2) is 66.7 Å². The lowest BCUT2D eigenvalue weighted by Gasteiger charge is -2.13. The first-order valence-corrected chi connectivity index (χ1v) is 9.70. The average molecular weight is 418 g/mol. The minimum Gasteiger partial charge on any atom is -0.492 e. The predicted molar refractivity (Wildman–Crippen MR) is 113 cm³/mol. The topological polar surface area (TPSA) is 75.7 Å². The predicted octanol–water partition coefficient (Wildman–Crippen LogP) is 3.74. The van der Waals surface area contributed by atoms with Gasteiger partial charge < -0.3 is 10.1 Å². The number of carbonyl (C=O) groups is 3. The summed E-state index contributed by atoms with van der Waals surface area (Å²) in [4.78, 5) is 38.8. The number of fused-ring (bicyclic) bond motifs is 1. The van der Waals surface area contributed by atoms with Gasteiger partial charge in [0.25, 0.3) is 17.7 Å². The third kappa shape index (κ3) is 4.16. The van der Waals surface area contributed by atoms with E-state index in [-0.39, 0.29) is 41.4 Å². The van der Waals surface area contributed by atoms with Crippen LogP contribution in [0.1, 0.15) is 36.6 Å². The van der Waals surface area contributed by atoms with Gasteiger partial charge in [-0.15, -0.1) is 0 Å². The first-order chi connectivity index (χ1) is 14.9. The number of anilines is 1. The molecule has 1 N–H and O–H groups in total. The summed E-state index contributed by atoms with van der Waals surface area (Å²) in [6.45, 7) is 2.55. The Hall–Kier alpha value is -4.00. The van der Waals surface area contributed by atoms with E-state index in [1.165, 1.54) is 42.5 Å². The molecular formula is C24H19FN2O4. The molecule has 6 nitrogen and oxygen atoms in total. The lowest BCUT2D eigenvalue weighted by Crippen LogP contribution is -2.29. The summed E-state index contributed by atoms with van der Waals surface area (Å²) < 4.78 is 18.7. The van der Waals surface area contributed by atoms with Gasteiger partial charge in [-0.25, -0.2) is 9.29 Å². The maximum Gasteiger partial charge on any atom is 0.266 e. The standard InChI is InChI=1S/C24H19FN2O4/c1-15-2-9-19(10-3-15)31-13-12-26-22(28)16-4-11-20-21(14-16)24(30)27(23(20)29)18-7-5-17(25)6-8-18/h2-11,14H,12-13H2,1H3,(H,26,28). The van der Waals surface area contributed by atoms with Gasteiger partial charge in [0.05, 0.1) is 23.4 Å². The highest BCUT2D eigenvalue weighted by molar-refractivity contribution is 6.34. The molecule has 0 aliphatic carbocycles. The van der Waals surface area contributed by atoms with Crippen molar-refractivity contribution in [3.8, 4) is 5.75 Å². The van der Waals surface area contributed by atoms with Gasteiger partial charge >= 0.3 is 0 Å². The van der Waals surface area contributed by atoms with Crippen molar-refractivity contribution in [1.82, 2.24) is 5.32 Å². The summed E-state index contributed by atoms with van der Waals surface area (Å²) in [5.74, 6) is -1.20. The third-order valence-corrected chi connectivity index (χ3v) is 4.91. The van der Waals surface area contributed by atoms with Crippen LogP contribution in [-0.4, -0.2) is 30.9 Å². The number of rotatable bonds is 6. The molecule has 7 heteroatoms. The number of hydrogen-bond donors (Lipinski definition) is 1. The molecule has 3 aromatic rings. The molecule has 156 valence electrons. The van der Waals surface area contributed by atoms with E-state index in [0.717, 1.165) is 10.5 Å². The van der Waals surface area contributed by atoms with Gasteiger partial charge in [-0.3, -0.25) is 14.4 Å². The molecule has 0 saturated carbocycles. The quantitative estimate of drug-likeness (QED) is 0.489. The van der Waals surface area contributed by atoms with Crippen LogP contribution >= 0.6 is 0 Å². The van der Waals surface area contributed by atoms with Crippen molar-refractivity contribution in [3.05, 3.63) is 94.8 Å². The van der Waals surface area contributed by atoms with E-state index in [1.54, 1.807) is 0 Å². The first kappa shape index (κ1) is 20.3. The molecule has 0 atom stereocenters. The van der Waals surface area contributed by atoms with Gasteiger partial charge in [0, 0.05) is 5.56 Å². The molecular weight excluding hydrogens is 399 g/mol. The first-order valence-electron chi connectivity index (χ1n) is 9.70. The summed E-state index contributed by atoms with van der Waals surface area (Å²) >= 11 is 0. The molecule has 0 bridgehead atoms. The minimum absolute atomic E-state index is 0.137. The van der Waals surface area contributed by atoms with Crippen LogP contribution in [0.5, 0.6) is 5.75 Å². The average Bonchev–Trinajstić information content (AvgIpc) is 3.02. The van der Waals surface area contributed by atoms with Gasteiger partial charge in [-0.1, -0.05) is 17.7 Å². The number of imide groups is 1. The Morgan fingerprint density at radius 1 is 0.935 bits per heavy atom. The number of carbonyl (C=O) groups excluding carboxylic acids is 3. The van der Waals surface area contributed by atoms with E-state index in [0.29, 0.717) is 5.75 Å². The number of benzene rings is 3. The molecule has 1 aliphatic heterocycles. The van der Waals surface area contributed by atoms with Crippen molar-refractivity contribution in [3.63, 3.8) is 0 Å². The number of halogens is 1. The van der Waals surface area contributed by atoms with Crippen LogP contribution in [0.25, 0.3) is 0 Å². The van der Waals surface area contributed by atoms with Crippen LogP contribution < -0.4 is 15.0 Å². The van der Waals surface area contributed by atoms with Gasteiger partial charge in [-0.2, -0.15) is 0 Å². The van der Waals surface area contributed by atoms with Gasteiger partial charge in [0.15, 0.2) is 0 Å². The number of amides is 3. The van der Waals surface area contributed by atoms with E-state index in [4.69, 9.17) is 4.74 Å². The Kier molecular flexibility index (Phi) is 5.49. The number of nitrogens with zero attached hydrogens (tertiary/aromatic N) is 1. The normalized spacial score (nSPS) is 12.6. The van der Waals surface area contributed by atoms with E-state index in [2.05, 4.69) is 5.32 Å². The molecule has 0 unspecified atom stereocenters. The van der Waals surface area contributed by atoms with Crippen molar-refractivity contribution in [2.75, 3.05) is 18.1 Å². The van der Waals surface area contributed by atoms with Gasteiger partial charge in [0.2, 0.25) is 0 Å². The van der Waals surface area contributed by atoms with Crippen LogP contribution in [-0.2, 0) is 0 Å². The Balaban J connectivity index is 1.41. The maximum atomic E-state index is 13.2. The van der Waals surface area contributed by atoms with Crippen LogP contribution in [0.3, 0.4) is 0 Å². The van der Waals surface area contributed by atoms with E-state index >= 15 is 0 Å². The second-order valence-corrected chi connectivity index (χ2v) is 7.10. The highest BCUT2D eigenvalue weighted by Gasteiger charge is 2.37. The molecule has 0 saturated heterocycles. The molecule has 1 aliphatic rings. The van der Waals surface area contributed by atoms with Gasteiger partial charge in [0.1, 0.15) is 18.2 Å². The maximum absolute atomic E-state index is 13.2. The summed E-state index contributed by atoms with van der Waals surface area (Å²) in [7, 11) is 0. The molecule has 1 heterocycles. The van der Waals surface area contributed by atoms with Crippen molar-refractivity contribution in [1.29, 1.82) is 0 Å². The smallest absolute Gasteiger partial charge is 0.266 e. The number of nitrogens with one attached hydrogen (secondary N) is 1. The zero-order chi connectivity index (χ0) is 22.0. The molecule has 0 spiro atoms. The molecule has 31 heavy (non-hydrogen) atoms. The lowest BCUT2D eigenvalue weighted by atomic mass is 10.1. The SMILES string of the molecule is Cc1ccc(OCCNC(=O)c2ccc3c(c2)C(=O)N(c2ccc(F)cc2)C3=O)cc1. The summed E-state index contributed by atoms with van der Waals surface area (Å²) in [5.41, 5.74) is 2.00. The van der Waals surface area contributed by atoms with E-state index in [1.807, 2.05) is 31.2 Å². The monoisotopic (exact) mass is 418 g/mol. The Morgan fingerprint density at radius 2 is 1.61 bits per heavy atom. The van der Waals surface area contributed by atoms with Crippen LogP contribution in [0.4, 0.5) is 10.1 Å². The van der Waals surface area contributed by atoms with Gasteiger partial charge in [-0.05, 0) is 61.5 Å². The fourth-order valence-electron chi connectivity index (χ4n) is 3.28. The lowest BCUT2D eigenvalue weighted by molar-refractivity contribution is 0.0923. The number of hydrogen-bond acceptors (Lipinski definition) is 4. The van der Waals surface area contributed by atoms with Crippen molar-refractivity contribution in [2.45, 2.75) is 6.92 Å². The molecule has 3 aromatic carbocycles. The van der Waals surface area contributed by atoms with Crippen LogP contribution in [0, 0.1) is 12.7 Å². The van der Waals surface area contributed by atoms with Crippen molar-refractivity contribution in [2.24, 2.45) is 0 Å². The highest BCUT2D eigenvalue weighted by atomic mass is 19.1. The molecule has 0 aromatic heterocycles. The van der Waals surface area contributed by atoms with E-state index < -0.39 is 17.6 Å². The third-order valence-electron chi connectivity index (χ3n) is 4.91. The Labute approximate surface area is 178 Å². The van der Waals surface area contributed by atoms with Crippen molar-refractivity contribution >= 4 is 23.4 Å². The molecule has 0 radical (unpaired) electrons. The molecule has 0 fully saturated rings. The zero-order valence-corrected chi connectivity index (χ0v) is 16.7. The summed E-state index contributed by atoms with van der Waals surface area (Å²) in [5, 5.41) is 2.73. The minimum atomic E-state index is -0.552. The number of aryl methyl sites for hydroxylation is 1. The fraction of sp³-hybridized carbons (Fsp3) is 0.125. The summed E-state index contributed by atoms with van der Waals surface area (Å²) in [6, 6.07) is 17.0. The van der Waals surface area contributed by atoms with E-state index in [9.17, 15) is 18.8 Å². The Morgan fingerprint density at radius 3 is 2.32 bits per heavy atom. The molecule has 3 amide bonds. The largest absolute Gasteiger partial charge is 0.492 e. The van der Waals surface area contributed by atoms with Crippen LogP contribution in [0.2, 0.25) is 0 Å².